The van der Waals surface area contributed by atoms with Gasteiger partial charge in [0.2, 0.25) is 0 Å². The van der Waals surface area contributed by atoms with Gasteiger partial charge in [-0.3, -0.25) is 4.79 Å². The van der Waals surface area contributed by atoms with Gasteiger partial charge < -0.3 is 5.32 Å². The van der Waals surface area contributed by atoms with Crippen LogP contribution in [0.15, 0.2) is 0 Å². The zero-order chi connectivity index (χ0) is 8.27. The van der Waals surface area contributed by atoms with Crippen LogP contribution in [-0.2, 0) is 0 Å². The minimum atomic E-state index is -0.133. The fraction of sp³-hybridized carbons (Fsp3) is 0.400. The maximum absolute atomic E-state index is 11.1. The number of hydrogen-bond acceptors (Lipinski definition) is 5. The molecule has 11 heavy (non-hydrogen) atoms. The van der Waals surface area contributed by atoms with Crippen molar-refractivity contribution in [3.05, 3.63) is 10.0 Å². The summed E-state index contributed by atoms with van der Waals surface area (Å²) in [6, 6.07) is 0. The maximum atomic E-state index is 11.1. The Bertz CT molecular complexity index is 262. The van der Waals surface area contributed by atoms with Gasteiger partial charge in [0.25, 0.3) is 0 Å². The number of nitrogens with one attached hydrogen (secondary N) is 1. The van der Waals surface area contributed by atoms with Gasteiger partial charge in [-0.1, -0.05) is 16.1 Å². The summed E-state index contributed by atoms with van der Waals surface area (Å²) < 4.78 is 3.89. The second kappa shape index (κ2) is 3.75. The van der Waals surface area contributed by atoms with Crippen LogP contribution in [0.25, 0.3) is 0 Å². The molecule has 0 unspecified atom stereocenters. The van der Waals surface area contributed by atoms with Crippen molar-refractivity contribution in [1.82, 2.24) is 14.9 Å². The van der Waals surface area contributed by atoms with Crippen LogP contribution >= 0.6 is 23.1 Å². The van der Waals surface area contributed by atoms with Crippen LogP contribution in [0.5, 0.6) is 0 Å². The van der Waals surface area contributed by atoms with E-state index in [0.717, 1.165) is 11.5 Å². The summed E-state index contributed by atoms with van der Waals surface area (Å²) in [7, 11) is 1.69. The van der Waals surface area contributed by atoms with Crippen LogP contribution in [0.2, 0.25) is 4.34 Å². The monoisotopic (exact) mass is 191 g/mol. The maximum Gasteiger partial charge on any atom is 0.199 e. The van der Waals surface area contributed by atoms with Crippen molar-refractivity contribution in [2.45, 2.75) is 0 Å². The summed E-state index contributed by atoms with van der Waals surface area (Å²) in [5.41, 5.74) is 0.256. The normalized spacial score (nSPS) is 10.0. The highest BCUT2D eigenvalue weighted by Gasteiger charge is 2.12. The Balaban J connectivity index is 2.76. The number of halogens is 1. The third kappa shape index (κ3) is 1.95. The second-order valence-electron chi connectivity index (χ2n) is 1.85. The molecule has 1 aromatic rings. The lowest BCUT2D eigenvalue weighted by atomic mass is 10.3. The van der Waals surface area contributed by atoms with E-state index in [1.807, 2.05) is 0 Å². The average Bonchev–Trinajstić information content (AvgIpc) is 2.36. The van der Waals surface area contributed by atoms with Crippen molar-refractivity contribution in [2.24, 2.45) is 0 Å². The summed E-state index contributed by atoms with van der Waals surface area (Å²) in [6.45, 7) is 0.241. The number of likely N-dealkylation sites (N-methyl/N-ethyl adjacent to an activating group) is 1. The highest BCUT2D eigenvalue weighted by atomic mass is 35.5. The molecule has 0 atom stereocenters. The predicted octanol–water partition coefficient (Wildman–Crippen LogP) is 0.594. The summed E-state index contributed by atoms with van der Waals surface area (Å²) in [6.07, 6.45) is 0. The van der Waals surface area contributed by atoms with Crippen LogP contribution in [-0.4, -0.2) is 29.0 Å². The van der Waals surface area contributed by atoms with Crippen LogP contribution in [0, 0.1) is 0 Å². The van der Waals surface area contributed by atoms with Crippen molar-refractivity contribution in [1.29, 1.82) is 0 Å². The highest BCUT2D eigenvalue weighted by molar-refractivity contribution is 7.10. The Morgan fingerprint density at radius 1 is 1.82 bits per heavy atom. The summed E-state index contributed by atoms with van der Waals surface area (Å²) in [5, 5.41) is 6.29. The Hall–Kier alpha value is -0.520. The molecule has 0 amide bonds. The smallest absolute Gasteiger partial charge is 0.199 e. The number of hydrogen-bond donors (Lipinski definition) is 1. The summed E-state index contributed by atoms with van der Waals surface area (Å²) in [5.74, 6) is -0.133. The molecular weight excluding hydrogens is 186 g/mol. The fourth-order valence-corrected chi connectivity index (χ4v) is 1.26. The number of rotatable bonds is 3. The van der Waals surface area contributed by atoms with Crippen LogP contribution in [0.1, 0.15) is 10.5 Å². The summed E-state index contributed by atoms with van der Waals surface area (Å²) in [4.78, 5) is 11.1. The number of ketones is 1. The van der Waals surface area contributed by atoms with Crippen molar-refractivity contribution >= 4 is 28.9 Å². The molecule has 60 valence electrons. The zero-order valence-corrected chi connectivity index (χ0v) is 7.37. The Morgan fingerprint density at radius 2 is 2.55 bits per heavy atom. The van der Waals surface area contributed by atoms with Gasteiger partial charge in [-0.05, 0) is 7.05 Å². The third-order valence-electron chi connectivity index (χ3n) is 1.05. The zero-order valence-electron chi connectivity index (χ0n) is 5.80. The minimum Gasteiger partial charge on any atom is -0.313 e. The number of aromatic nitrogens is 2. The lowest BCUT2D eigenvalue weighted by molar-refractivity contribution is 0.0989. The van der Waals surface area contributed by atoms with Gasteiger partial charge in [-0.15, -0.1) is 5.10 Å². The van der Waals surface area contributed by atoms with Gasteiger partial charge in [0.1, 0.15) is 4.34 Å². The van der Waals surface area contributed by atoms with E-state index >= 15 is 0 Å². The molecule has 0 saturated heterocycles. The lowest BCUT2D eigenvalue weighted by Crippen LogP contribution is -2.19. The second-order valence-corrected chi connectivity index (χ2v) is 3.20. The van der Waals surface area contributed by atoms with Gasteiger partial charge in [0.15, 0.2) is 11.5 Å². The van der Waals surface area contributed by atoms with Crippen LogP contribution < -0.4 is 5.32 Å². The molecule has 1 N–H and O–H groups in total. The fourth-order valence-electron chi connectivity index (χ4n) is 0.589. The molecule has 1 heterocycles. The topological polar surface area (TPSA) is 54.9 Å². The van der Waals surface area contributed by atoms with Gasteiger partial charge in [-0.2, -0.15) is 0 Å². The molecule has 0 radical (unpaired) electrons. The van der Waals surface area contributed by atoms with E-state index in [2.05, 4.69) is 14.9 Å². The molecule has 1 rings (SSSR count). The molecule has 0 aliphatic rings. The van der Waals surface area contributed by atoms with Crippen LogP contribution in [0.4, 0.5) is 0 Å². The van der Waals surface area contributed by atoms with E-state index in [1.165, 1.54) is 0 Å². The first-order chi connectivity index (χ1) is 5.25. The largest absolute Gasteiger partial charge is 0.313 e. The van der Waals surface area contributed by atoms with Crippen molar-refractivity contribution < 1.29 is 4.79 Å². The molecular formula is C5H6ClN3OS. The van der Waals surface area contributed by atoms with Crippen molar-refractivity contribution in [3.8, 4) is 0 Å². The Kier molecular flexibility index (Phi) is 2.92. The van der Waals surface area contributed by atoms with E-state index in [4.69, 9.17) is 11.6 Å². The number of nitrogens with zero attached hydrogens (tertiary/aromatic N) is 2. The molecule has 6 heteroatoms. The van der Waals surface area contributed by atoms with E-state index in [0.29, 0.717) is 4.34 Å². The molecule has 0 saturated carbocycles. The third-order valence-corrected chi connectivity index (χ3v) is 1.95. The molecule has 0 aliphatic heterocycles. The molecule has 0 fully saturated rings. The molecule has 4 nitrogen and oxygen atoms in total. The quantitative estimate of drug-likeness (QED) is 0.711. The number of Topliss-reactive ketones (excluding diaryl/α,β-unsaturated/α-hetero) is 1. The van der Waals surface area contributed by atoms with Crippen molar-refractivity contribution in [2.75, 3.05) is 13.6 Å². The average molecular weight is 192 g/mol. The predicted molar refractivity (Wildman–Crippen MR) is 43.2 cm³/mol. The minimum absolute atomic E-state index is 0.133. The Morgan fingerprint density at radius 3 is 3.00 bits per heavy atom. The van der Waals surface area contributed by atoms with Crippen LogP contribution in [0.3, 0.4) is 0 Å². The van der Waals surface area contributed by atoms with E-state index < -0.39 is 0 Å². The molecule has 0 aromatic carbocycles. The first-order valence-corrected chi connectivity index (χ1v) is 4.06. The first kappa shape index (κ1) is 8.58. The van der Waals surface area contributed by atoms with Gasteiger partial charge in [0, 0.05) is 11.5 Å². The molecule has 1 aromatic heterocycles. The van der Waals surface area contributed by atoms with E-state index in [1.54, 1.807) is 7.05 Å². The highest BCUT2D eigenvalue weighted by Crippen LogP contribution is 2.16. The molecule has 0 bridgehead atoms. The first-order valence-electron chi connectivity index (χ1n) is 2.91. The molecule has 0 aliphatic carbocycles. The lowest BCUT2D eigenvalue weighted by Gasteiger charge is -1.92. The van der Waals surface area contributed by atoms with Gasteiger partial charge in [-0.25, -0.2) is 0 Å². The van der Waals surface area contributed by atoms with E-state index in [-0.39, 0.29) is 18.0 Å². The Labute approximate surface area is 72.7 Å². The summed E-state index contributed by atoms with van der Waals surface area (Å²) >= 11 is 6.63. The number of carbonyl (C=O) groups is 1. The van der Waals surface area contributed by atoms with E-state index in [9.17, 15) is 4.79 Å². The molecule has 0 spiro atoms. The standard InChI is InChI=1S/C5H6ClN3OS/c1-7-2-3(10)4-5(6)11-9-8-4/h7H,2H2,1H3. The van der Waals surface area contributed by atoms with Gasteiger partial charge in [0.05, 0.1) is 6.54 Å². The van der Waals surface area contributed by atoms with Gasteiger partial charge >= 0.3 is 0 Å². The van der Waals surface area contributed by atoms with Crippen molar-refractivity contribution in [3.63, 3.8) is 0 Å². The number of carbonyl (C=O) groups excluding carboxylic acids is 1. The SMILES string of the molecule is CNCC(=O)c1nnsc1Cl.